The Kier molecular flexibility index (Phi) is 3.86. The first-order valence-electron chi connectivity index (χ1n) is 6.93. The van der Waals surface area contributed by atoms with Crippen molar-refractivity contribution < 1.29 is 0 Å². The normalized spacial score (nSPS) is 32.8. The van der Waals surface area contributed by atoms with Crippen molar-refractivity contribution in [1.82, 2.24) is 5.32 Å². The van der Waals surface area contributed by atoms with E-state index in [0.29, 0.717) is 11.5 Å². The zero-order valence-electron chi connectivity index (χ0n) is 10.5. The van der Waals surface area contributed by atoms with E-state index in [2.05, 4.69) is 18.3 Å². The summed E-state index contributed by atoms with van der Waals surface area (Å²) in [5.41, 5.74) is 0.581. The summed E-state index contributed by atoms with van der Waals surface area (Å²) in [4.78, 5) is 0. The summed E-state index contributed by atoms with van der Waals surface area (Å²) < 4.78 is 0. The minimum absolute atomic E-state index is 0.266. The summed E-state index contributed by atoms with van der Waals surface area (Å²) in [5.74, 6) is 0.266. The number of rotatable bonds is 4. The highest BCUT2D eigenvalue weighted by Crippen LogP contribution is 2.43. The minimum Gasteiger partial charge on any atom is -0.312 e. The fourth-order valence-electron chi connectivity index (χ4n) is 3.21. The molecule has 0 aliphatic heterocycles. The molecule has 0 spiro atoms. The summed E-state index contributed by atoms with van der Waals surface area (Å²) in [6.45, 7) is 3.45. The molecule has 2 unspecified atom stereocenters. The van der Waals surface area contributed by atoms with Crippen molar-refractivity contribution in [1.29, 1.82) is 5.26 Å². The van der Waals surface area contributed by atoms with Crippen molar-refractivity contribution in [3.8, 4) is 6.07 Å². The van der Waals surface area contributed by atoms with E-state index < -0.39 is 0 Å². The second-order valence-electron chi connectivity index (χ2n) is 5.71. The molecular formula is C14H24N2. The smallest absolute Gasteiger partial charge is 0.0672 e. The first kappa shape index (κ1) is 11.9. The minimum atomic E-state index is 0.266. The molecule has 0 bridgehead atoms. The van der Waals surface area contributed by atoms with Crippen LogP contribution in [0.25, 0.3) is 0 Å². The van der Waals surface area contributed by atoms with Crippen LogP contribution in [-0.2, 0) is 0 Å². The lowest BCUT2D eigenvalue weighted by Gasteiger charge is -2.43. The Hall–Kier alpha value is -0.550. The average Bonchev–Trinajstić information content (AvgIpc) is 2.29. The van der Waals surface area contributed by atoms with Gasteiger partial charge in [0.2, 0.25) is 0 Å². The van der Waals surface area contributed by atoms with Crippen molar-refractivity contribution >= 4 is 0 Å². The number of nitriles is 1. The largest absolute Gasteiger partial charge is 0.312 e. The van der Waals surface area contributed by atoms with Crippen LogP contribution >= 0.6 is 0 Å². The SMILES string of the molecule is CCC1(CNC2CCCCC2C#N)CCC1. The summed E-state index contributed by atoms with van der Waals surface area (Å²) in [5, 5.41) is 12.8. The molecule has 16 heavy (non-hydrogen) atoms. The maximum Gasteiger partial charge on any atom is 0.0672 e. The molecule has 0 aromatic heterocycles. The van der Waals surface area contributed by atoms with Crippen LogP contribution in [0.1, 0.15) is 58.3 Å². The summed E-state index contributed by atoms with van der Waals surface area (Å²) in [6.07, 6.45) is 10.3. The van der Waals surface area contributed by atoms with Gasteiger partial charge in [-0.3, -0.25) is 0 Å². The highest BCUT2D eigenvalue weighted by Gasteiger charge is 2.36. The first-order valence-corrected chi connectivity index (χ1v) is 6.93. The van der Waals surface area contributed by atoms with Gasteiger partial charge in [-0.25, -0.2) is 0 Å². The van der Waals surface area contributed by atoms with Gasteiger partial charge in [0.15, 0.2) is 0 Å². The summed E-state index contributed by atoms with van der Waals surface area (Å²) >= 11 is 0. The third-order valence-corrected chi connectivity index (χ3v) is 4.84. The number of hydrogen-bond acceptors (Lipinski definition) is 2. The van der Waals surface area contributed by atoms with Gasteiger partial charge in [0, 0.05) is 12.6 Å². The molecule has 2 aliphatic rings. The molecule has 0 radical (unpaired) electrons. The van der Waals surface area contributed by atoms with E-state index in [4.69, 9.17) is 5.26 Å². The summed E-state index contributed by atoms with van der Waals surface area (Å²) in [6, 6.07) is 2.96. The second kappa shape index (κ2) is 5.19. The fraction of sp³-hybridized carbons (Fsp3) is 0.929. The monoisotopic (exact) mass is 220 g/mol. The van der Waals surface area contributed by atoms with Crippen molar-refractivity contribution in [2.75, 3.05) is 6.54 Å². The Morgan fingerprint density at radius 3 is 2.56 bits per heavy atom. The molecule has 2 saturated carbocycles. The van der Waals surface area contributed by atoms with Crippen LogP contribution in [0.3, 0.4) is 0 Å². The lowest BCUT2D eigenvalue weighted by atomic mass is 9.67. The van der Waals surface area contributed by atoms with Gasteiger partial charge in [-0.05, 0) is 37.5 Å². The predicted octanol–water partition coefficient (Wildman–Crippen LogP) is 3.24. The highest BCUT2D eigenvalue weighted by atomic mass is 14.9. The van der Waals surface area contributed by atoms with Crippen LogP contribution in [-0.4, -0.2) is 12.6 Å². The number of nitrogens with zero attached hydrogens (tertiary/aromatic N) is 1. The molecule has 0 amide bonds. The van der Waals surface area contributed by atoms with Gasteiger partial charge >= 0.3 is 0 Å². The van der Waals surface area contributed by atoms with Crippen LogP contribution in [0.2, 0.25) is 0 Å². The third kappa shape index (κ3) is 2.40. The van der Waals surface area contributed by atoms with Crippen LogP contribution < -0.4 is 5.32 Å². The number of hydrogen-bond donors (Lipinski definition) is 1. The molecule has 2 nitrogen and oxygen atoms in total. The van der Waals surface area contributed by atoms with Crippen molar-refractivity contribution in [3.05, 3.63) is 0 Å². The quantitative estimate of drug-likeness (QED) is 0.789. The average molecular weight is 220 g/mol. The van der Waals surface area contributed by atoms with Crippen LogP contribution in [0, 0.1) is 22.7 Å². The fourth-order valence-corrected chi connectivity index (χ4v) is 3.21. The Morgan fingerprint density at radius 2 is 2.00 bits per heavy atom. The topological polar surface area (TPSA) is 35.8 Å². The van der Waals surface area contributed by atoms with Crippen molar-refractivity contribution in [2.45, 2.75) is 64.3 Å². The Balaban J connectivity index is 1.82. The zero-order chi connectivity index (χ0) is 11.4. The molecule has 2 heteroatoms. The molecule has 1 N–H and O–H groups in total. The molecule has 2 rings (SSSR count). The maximum absolute atomic E-state index is 9.13. The molecule has 2 aliphatic carbocycles. The Labute approximate surface area is 99.4 Å². The second-order valence-corrected chi connectivity index (χ2v) is 5.71. The van der Waals surface area contributed by atoms with Crippen molar-refractivity contribution in [3.63, 3.8) is 0 Å². The number of nitrogens with one attached hydrogen (secondary N) is 1. The molecular weight excluding hydrogens is 196 g/mol. The molecule has 0 aromatic rings. The van der Waals surface area contributed by atoms with E-state index in [9.17, 15) is 0 Å². The van der Waals surface area contributed by atoms with Gasteiger partial charge in [-0.2, -0.15) is 5.26 Å². The van der Waals surface area contributed by atoms with Crippen LogP contribution in [0.5, 0.6) is 0 Å². The standard InChI is InChI=1S/C14H24N2/c1-2-14(8-5-9-14)11-16-13-7-4-3-6-12(13)10-15/h12-13,16H,2-9,11H2,1H3. The molecule has 0 aromatic carbocycles. The lowest BCUT2D eigenvalue weighted by molar-refractivity contribution is 0.112. The molecule has 0 heterocycles. The van der Waals surface area contributed by atoms with Gasteiger partial charge in [0.1, 0.15) is 0 Å². The van der Waals surface area contributed by atoms with Gasteiger partial charge < -0.3 is 5.32 Å². The Morgan fingerprint density at radius 1 is 1.25 bits per heavy atom. The van der Waals surface area contributed by atoms with Gasteiger partial charge in [0.25, 0.3) is 0 Å². The van der Waals surface area contributed by atoms with E-state index in [1.54, 1.807) is 0 Å². The van der Waals surface area contributed by atoms with Gasteiger partial charge in [0.05, 0.1) is 12.0 Å². The molecule has 2 atom stereocenters. The van der Waals surface area contributed by atoms with Crippen LogP contribution in [0.15, 0.2) is 0 Å². The highest BCUT2D eigenvalue weighted by molar-refractivity contribution is 4.97. The van der Waals surface area contributed by atoms with Gasteiger partial charge in [-0.1, -0.05) is 26.2 Å². The van der Waals surface area contributed by atoms with Crippen molar-refractivity contribution in [2.24, 2.45) is 11.3 Å². The Bertz CT molecular complexity index is 257. The molecule has 2 fully saturated rings. The van der Waals surface area contributed by atoms with E-state index in [1.807, 2.05) is 0 Å². The third-order valence-electron chi connectivity index (χ3n) is 4.84. The van der Waals surface area contributed by atoms with Crippen LogP contribution in [0.4, 0.5) is 0 Å². The molecule has 90 valence electrons. The predicted molar refractivity (Wildman–Crippen MR) is 65.9 cm³/mol. The van der Waals surface area contributed by atoms with E-state index >= 15 is 0 Å². The van der Waals surface area contributed by atoms with Gasteiger partial charge in [-0.15, -0.1) is 0 Å². The van der Waals surface area contributed by atoms with E-state index in [-0.39, 0.29) is 5.92 Å². The maximum atomic E-state index is 9.13. The summed E-state index contributed by atoms with van der Waals surface area (Å²) in [7, 11) is 0. The zero-order valence-corrected chi connectivity index (χ0v) is 10.5. The molecule has 0 saturated heterocycles. The van der Waals surface area contributed by atoms with E-state index in [1.165, 1.54) is 44.9 Å². The lowest BCUT2D eigenvalue weighted by Crippen LogP contribution is -2.46. The van der Waals surface area contributed by atoms with E-state index in [0.717, 1.165) is 13.0 Å². The first-order chi connectivity index (χ1) is 7.79.